The average molecular weight is 385 g/mol. The highest BCUT2D eigenvalue weighted by atomic mass is 16.5. The van der Waals surface area contributed by atoms with Crippen LogP contribution in [0.3, 0.4) is 0 Å². The predicted octanol–water partition coefficient (Wildman–Crippen LogP) is 2.85. The summed E-state index contributed by atoms with van der Waals surface area (Å²) in [7, 11) is 1.48. The fraction of sp³-hybridized carbons (Fsp3) is 0.250. The molecule has 0 spiro atoms. The van der Waals surface area contributed by atoms with Crippen molar-refractivity contribution >= 4 is 23.8 Å². The fourth-order valence-corrected chi connectivity index (χ4v) is 2.60. The van der Waals surface area contributed by atoms with Crippen LogP contribution < -0.4 is 16.0 Å². The summed E-state index contributed by atoms with van der Waals surface area (Å²) >= 11 is 0. The van der Waals surface area contributed by atoms with E-state index in [-0.39, 0.29) is 13.0 Å². The number of carboxylic acids is 1. The zero-order valence-electron chi connectivity index (χ0n) is 15.7. The number of amides is 3. The quantitative estimate of drug-likeness (QED) is 0.585. The molecule has 2 rings (SSSR count). The minimum Gasteiger partial charge on any atom is -0.480 e. The number of nitrogens with one attached hydrogen (secondary N) is 3. The monoisotopic (exact) mass is 385 g/mol. The normalized spacial score (nSPS) is 11.2. The van der Waals surface area contributed by atoms with E-state index in [0.29, 0.717) is 11.3 Å². The van der Waals surface area contributed by atoms with E-state index in [2.05, 4.69) is 16.0 Å². The predicted molar refractivity (Wildman–Crippen MR) is 105 cm³/mol. The van der Waals surface area contributed by atoms with Crippen molar-refractivity contribution < 1.29 is 24.2 Å². The number of carbonyl (C=O) groups excluding carboxylic acids is 2. The van der Waals surface area contributed by atoms with Crippen molar-refractivity contribution in [3.8, 4) is 11.1 Å². The lowest BCUT2D eigenvalue weighted by Gasteiger charge is -2.18. The summed E-state index contributed by atoms with van der Waals surface area (Å²) in [5, 5.41) is 16.9. The Morgan fingerprint density at radius 2 is 1.79 bits per heavy atom. The third kappa shape index (κ3) is 5.73. The number of hydrogen-bond acceptors (Lipinski definition) is 4. The van der Waals surface area contributed by atoms with Crippen LogP contribution in [0.5, 0.6) is 0 Å². The highest BCUT2D eigenvalue weighted by Gasteiger charge is 2.23. The Labute approximate surface area is 162 Å². The Kier molecular flexibility index (Phi) is 7.38. The van der Waals surface area contributed by atoms with Crippen LogP contribution in [0.4, 0.5) is 15.3 Å². The zero-order valence-corrected chi connectivity index (χ0v) is 15.7. The topological polar surface area (TPSA) is 117 Å². The van der Waals surface area contributed by atoms with Crippen molar-refractivity contribution in [1.82, 2.24) is 10.6 Å². The van der Waals surface area contributed by atoms with Gasteiger partial charge in [0.1, 0.15) is 6.04 Å². The molecule has 1 atom stereocenters. The fourth-order valence-electron chi connectivity index (χ4n) is 2.60. The molecule has 8 heteroatoms. The molecular formula is C20H23N3O5. The standard InChI is InChI=1S/C20H23N3O5/c1-3-28-20(27)23-17(18(24)25)12-15-10-9-14(13-7-5-4-6-8-13)11-16(15)22-19(26)21-2/h4-11,17H,3,12H2,1-2H3,(H,23,27)(H,24,25)(H2,21,22,26)/t17-/m0/s1. The largest absolute Gasteiger partial charge is 0.480 e. The maximum absolute atomic E-state index is 11.8. The second kappa shape index (κ2) is 9.96. The molecule has 2 aromatic rings. The first kappa shape index (κ1) is 20.8. The van der Waals surface area contributed by atoms with E-state index < -0.39 is 24.1 Å². The first-order valence-corrected chi connectivity index (χ1v) is 8.77. The molecule has 0 fully saturated rings. The molecule has 0 aliphatic carbocycles. The van der Waals surface area contributed by atoms with Gasteiger partial charge in [-0.2, -0.15) is 0 Å². The molecule has 2 aromatic carbocycles. The number of urea groups is 1. The van der Waals surface area contributed by atoms with Crippen LogP contribution in [-0.4, -0.2) is 42.9 Å². The van der Waals surface area contributed by atoms with Crippen LogP contribution in [0, 0.1) is 0 Å². The Balaban J connectivity index is 2.33. The van der Waals surface area contributed by atoms with Gasteiger partial charge in [0, 0.05) is 19.2 Å². The van der Waals surface area contributed by atoms with Gasteiger partial charge in [0.25, 0.3) is 0 Å². The molecule has 4 N–H and O–H groups in total. The Morgan fingerprint density at radius 1 is 1.07 bits per heavy atom. The van der Waals surface area contributed by atoms with Gasteiger partial charge in [-0.25, -0.2) is 14.4 Å². The lowest BCUT2D eigenvalue weighted by atomic mass is 9.98. The molecule has 0 radical (unpaired) electrons. The van der Waals surface area contributed by atoms with E-state index >= 15 is 0 Å². The second-order valence-corrected chi connectivity index (χ2v) is 5.90. The molecular weight excluding hydrogens is 362 g/mol. The van der Waals surface area contributed by atoms with Crippen molar-refractivity contribution in [2.75, 3.05) is 19.0 Å². The van der Waals surface area contributed by atoms with E-state index in [9.17, 15) is 19.5 Å². The molecule has 8 nitrogen and oxygen atoms in total. The molecule has 0 heterocycles. The number of benzene rings is 2. The van der Waals surface area contributed by atoms with Crippen molar-refractivity contribution in [2.24, 2.45) is 0 Å². The number of ether oxygens (including phenoxy) is 1. The van der Waals surface area contributed by atoms with Crippen LogP contribution in [0.25, 0.3) is 11.1 Å². The SMILES string of the molecule is CCOC(=O)N[C@@H](Cc1ccc(-c2ccccc2)cc1NC(=O)NC)C(=O)O. The summed E-state index contributed by atoms with van der Waals surface area (Å²) in [6.07, 6.45) is -0.834. The minimum atomic E-state index is -1.20. The lowest BCUT2D eigenvalue weighted by molar-refractivity contribution is -0.139. The smallest absolute Gasteiger partial charge is 0.407 e. The average Bonchev–Trinajstić information content (AvgIpc) is 2.69. The molecule has 0 bridgehead atoms. The molecule has 28 heavy (non-hydrogen) atoms. The first-order valence-electron chi connectivity index (χ1n) is 8.77. The third-order valence-electron chi connectivity index (χ3n) is 3.98. The Bertz CT molecular complexity index is 839. The summed E-state index contributed by atoms with van der Waals surface area (Å²) in [6.45, 7) is 1.76. The van der Waals surface area contributed by atoms with Crippen LogP contribution in [0.1, 0.15) is 12.5 Å². The van der Waals surface area contributed by atoms with E-state index in [1.807, 2.05) is 36.4 Å². The van der Waals surface area contributed by atoms with Crippen LogP contribution in [0.2, 0.25) is 0 Å². The molecule has 0 saturated heterocycles. The number of aliphatic carboxylic acids is 1. The van der Waals surface area contributed by atoms with Gasteiger partial charge in [-0.05, 0) is 29.7 Å². The van der Waals surface area contributed by atoms with Gasteiger partial charge in [0.05, 0.1) is 6.61 Å². The number of alkyl carbamates (subject to hydrolysis) is 1. The minimum absolute atomic E-state index is 0.0253. The molecule has 0 aliphatic rings. The van der Waals surface area contributed by atoms with Crippen LogP contribution in [0.15, 0.2) is 48.5 Å². The highest BCUT2D eigenvalue weighted by Crippen LogP contribution is 2.26. The maximum atomic E-state index is 11.8. The number of hydrogen-bond donors (Lipinski definition) is 4. The van der Waals surface area contributed by atoms with Gasteiger partial charge in [0.15, 0.2) is 0 Å². The molecule has 148 valence electrons. The van der Waals surface area contributed by atoms with Gasteiger partial charge in [0.2, 0.25) is 0 Å². The second-order valence-electron chi connectivity index (χ2n) is 5.90. The third-order valence-corrected chi connectivity index (χ3v) is 3.98. The van der Waals surface area contributed by atoms with Gasteiger partial charge in [-0.3, -0.25) is 0 Å². The summed E-state index contributed by atoms with van der Waals surface area (Å²) in [6, 6.07) is 13.3. The molecule has 0 saturated carbocycles. The number of carboxylic acid groups (broad SMARTS) is 1. The van der Waals surface area contributed by atoms with Crippen molar-refractivity contribution in [1.29, 1.82) is 0 Å². The molecule has 0 aliphatic heterocycles. The summed E-state index contributed by atoms with van der Waals surface area (Å²) < 4.78 is 4.76. The van der Waals surface area contributed by atoms with Crippen molar-refractivity contribution in [3.05, 3.63) is 54.1 Å². The van der Waals surface area contributed by atoms with Crippen molar-refractivity contribution in [3.63, 3.8) is 0 Å². The number of rotatable bonds is 7. The van der Waals surface area contributed by atoms with E-state index in [4.69, 9.17) is 4.74 Å². The summed E-state index contributed by atoms with van der Waals surface area (Å²) in [4.78, 5) is 35.0. The number of anilines is 1. The van der Waals surface area contributed by atoms with E-state index in [0.717, 1.165) is 11.1 Å². The van der Waals surface area contributed by atoms with E-state index in [1.165, 1.54) is 7.05 Å². The van der Waals surface area contributed by atoms with Gasteiger partial charge in [-0.1, -0.05) is 42.5 Å². The Morgan fingerprint density at radius 3 is 2.39 bits per heavy atom. The molecule has 3 amide bonds. The zero-order chi connectivity index (χ0) is 20.5. The van der Waals surface area contributed by atoms with E-state index in [1.54, 1.807) is 19.1 Å². The maximum Gasteiger partial charge on any atom is 0.407 e. The molecule has 0 unspecified atom stereocenters. The van der Waals surface area contributed by atoms with Gasteiger partial charge in [-0.15, -0.1) is 0 Å². The number of carbonyl (C=O) groups is 3. The molecule has 0 aromatic heterocycles. The summed E-state index contributed by atoms with van der Waals surface area (Å²) in [5.41, 5.74) is 2.83. The first-order chi connectivity index (χ1) is 13.4. The summed E-state index contributed by atoms with van der Waals surface area (Å²) in [5.74, 6) is -1.20. The van der Waals surface area contributed by atoms with Gasteiger partial charge >= 0.3 is 18.1 Å². The van der Waals surface area contributed by atoms with Crippen LogP contribution in [-0.2, 0) is 16.0 Å². The van der Waals surface area contributed by atoms with Crippen LogP contribution >= 0.6 is 0 Å². The van der Waals surface area contributed by atoms with Crippen molar-refractivity contribution in [2.45, 2.75) is 19.4 Å². The van der Waals surface area contributed by atoms with Gasteiger partial charge < -0.3 is 25.8 Å². The Hall–Kier alpha value is -3.55. The highest BCUT2D eigenvalue weighted by molar-refractivity contribution is 5.91. The lowest BCUT2D eigenvalue weighted by Crippen LogP contribution is -2.42.